The second-order valence-electron chi connectivity index (χ2n) is 6.03. The van der Waals surface area contributed by atoms with Crippen molar-refractivity contribution in [3.05, 3.63) is 78.1 Å². The number of alkyl halides is 2. The molecule has 2 aromatic heterocycles. The fourth-order valence-electron chi connectivity index (χ4n) is 2.88. The number of imidazole rings is 1. The van der Waals surface area contributed by atoms with Crippen LogP contribution >= 0.6 is 0 Å². The Morgan fingerprint density at radius 1 is 1.11 bits per heavy atom. The quantitative estimate of drug-likeness (QED) is 0.477. The van der Waals surface area contributed by atoms with E-state index in [2.05, 4.69) is 15.1 Å². The molecular formula is C19H15F2N5O2. The number of fused-ring (bicyclic) bond motifs is 1. The number of benzene rings is 2. The number of aromatic nitrogens is 5. The van der Waals surface area contributed by atoms with E-state index in [9.17, 15) is 13.6 Å². The molecule has 9 heteroatoms. The first-order valence-corrected chi connectivity index (χ1v) is 8.44. The van der Waals surface area contributed by atoms with Crippen LogP contribution in [0.25, 0.3) is 11.0 Å². The molecule has 142 valence electrons. The lowest BCUT2D eigenvalue weighted by atomic mass is 10.1. The number of carbonyl (C=O) groups is 1. The first-order valence-electron chi connectivity index (χ1n) is 8.44. The average Bonchev–Trinajstić information content (AvgIpc) is 3.33. The maximum Gasteiger partial charge on any atom is 0.338 e. The first kappa shape index (κ1) is 17.8. The summed E-state index contributed by atoms with van der Waals surface area (Å²) >= 11 is 0. The summed E-state index contributed by atoms with van der Waals surface area (Å²) in [6, 6.07) is 13.3. The Labute approximate surface area is 158 Å². The van der Waals surface area contributed by atoms with E-state index in [4.69, 9.17) is 4.74 Å². The van der Waals surface area contributed by atoms with Crippen LogP contribution in [0.2, 0.25) is 0 Å². The number of para-hydroxylation sites is 2. The molecule has 28 heavy (non-hydrogen) atoms. The van der Waals surface area contributed by atoms with Gasteiger partial charge >= 0.3 is 12.5 Å². The van der Waals surface area contributed by atoms with E-state index in [0.29, 0.717) is 23.1 Å². The summed E-state index contributed by atoms with van der Waals surface area (Å²) in [4.78, 5) is 20.3. The van der Waals surface area contributed by atoms with Crippen LogP contribution in [0.3, 0.4) is 0 Å². The fraction of sp³-hybridized carbons (Fsp3) is 0.158. The van der Waals surface area contributed by atoms with Crippen LogP contribution in [0.5, 0.6) is 0 Å². The minimum atomic E-state index is -2.78. The molecule has 0 radical (unpaired) electrons. The molecule has 0 saturated heterocycles. The van der Waals surface area contributed by atoms with Gasteiger partial charge in [0.1, 0.15) is 19.3 Å². The second kappa shape index (κ2) is 7.55. The van der Waals surface area contributed by atoms with Crippen LogP contribution in [0.4, 0.5) is 8.78 Å². The standard InChI is InChI=1S/C19H15F2N5O2/c20-19(21)26-16-4-2-1-3-15(16)24-17(26)10-28-18(27)14-7-5-13(6-8-14)9-25-12-22-11-23-25/h1-8,11-12,19H,9-10H2. The normalized spacial score (nSPS) is 11.2. The van der Waals surface area contributed by atoms with Crippen molar-refractivity contribution < 1.29 is 18.3 Å². The third-order valence-electron chi connectivity index (χ3n) is 4.20. The maximum absolute atomic E-state index is 13.4. The Bertz CT molecular complexity index is 1090. The van der Waals surface area contributed by atoms with E-state index < -0.39 is 12.5 Å². The van der Waals surface area contributed by atoms with Gasteiger partial charge in [-0.2, -0.15) is 13.9 Å². The van der Waals surface area contributed by atoms with Crippen molar-refractivity contribution in [1.82, 2.24) is 24.3 Å². The molecule has 0 bridgehead atoms. The Balaban J connectivity index is 1.46. The lowest BCUT2D eigenvalue weighted by Gasteiger charge is -2.09. The minimum absolute atomic E-state index is 0.00708. The number of hydrogen-bond acceptors (Lipinski definition) is 5. The highest BCUT2D eigenvalue weighted by Gasteiger charge is 2.19. The van der Waals surface area contributed by atoms with Crippen LogP contribution in [0, 0.1) is 0 Å². The number of halogens is 2. The van der Waals surface area contributed by atoms with Gasteiger partial charge in [0, 0.05) is 0 Å². The topological polar surface area (TPSA) is 74.8 Å². The molecular weight excluding hydrogens is 368 g/mol. The summed E-state index contributed by atoms with van der Waals surface area (Å²) in [5.74, 6) is -0.618. The van der Waals surface area contributed by atoms with Crippen molar-refractivity contribution in [2.24, 2.45) is 0 Å². The SMILES string of the molecule is O=C(OCc1nc2ccccc2n1C(F)F)c1ccc(Cn2cncn2)cc1. The van der Waals surface area contributed by atoms with Crippen LogP contribution in [0.1, 0.15) is 28.3 Å². The van der Waals surface area contributed by atoms with Gasteiger partial charge in [-0.15, -0.1) is 0 Å². The van der Waals surface area contributed by atoms with Crippen molar-refractivity contribution in [2.75, 3.05) is 0 Å². The van der Waals surface area contributed by atoms with Gasteiger partial charge in [0.25, 0.3) is 0 Å². The van der Waals surface area contributed by atoms with Gasteiger partial charge in [0.05, 0.1) is 23.1 Å². The van der Waals surface area contributed by atoms with Crippen molar-refractivity contribution in [2.45, 2.75) is 19.7 Å². The molecule has 0 aliphatic heterocycles. The number of esters is 1. The summed E-state index contributed by atoms with van der Waals surface area (Å²) in [6.45, 7) is -2.61. The van der Waals surface area contributed by atoms with Gasteiger partial charge in [-0.05, 0) is 29.8 Å². The Hall–Kier alpha value is -3.62. The molecule has 0 aliphatic rings. The predicted molar refractivity (Wildman–Crippen MR) is 95.7 cm³/mol. The van der Waals surface area contributed by atoms with Crippen molar-refractivity contribution in [3.63, 3.8) is 0 Å². The molecule has 7 nitrogen and oxygen atoms in total. The van der Waals surface area contributed by atoms with Gasteiger partial charge in [-0.25, -0.2) is 19.4 Å². The summed E-state index contributed by atoms with van der Waals surface area (Å²) in [5.41, 5.74) is 1.97. The Kier molecular flexibility index (Phi) is 4.79. The van der Waals surface area contributed by atoms with Crippen molar-refractivity contribution in [3.8, 4) is 0 Å². The third-order valence-corrected chi connectivity index (χ3v) is 4.20. The van der Waals surface area contributed by atoms with E-state index in [1.165, 1.54) is 6.33 Å². The molecule has 2 heterocycles. The van der Waals surface area contributed by atoms with E-state index >= 15 is 0 Å². The van der Waals surface area contributed by atoms with Gasteiger partial charge < -0.3 is 4.74 Å². The van der Waals surface area contributed by atoms with E-state index in [1.807, 2.05) is 0 Å². The highest BCUT2D eigenvalue weighted by Crippen LogP contribution is 2.23. The zero-order valence-electron chi connectivity index (χ0n) is 14.6. The van der Waals surface area contributed by atoms with Gasteiger partial charge in [-0.1, -0.05) is 24.3 Å². The highest BCUT2D eigenvalue weighted by molar-refractivity contribution is 5.89. The van der Waals surface area contributed by atoms with E-state index in [1.54, 1.807) is 59.5 Å². The second-order valence-corrected chi connectivity index (χ2v) is 6.03. The first-order chi connectivity index (χ1) is 13.6. The van der Waals surface area contributed by atoms with E-state index in [0.717, 1.165) is 10.1 Å². The fourth-order valence-corrected chi connectivity index (χ4v) is 2.88. The lowest BCUT2D eigenvalue weighted by molar-refractivity contribution is 0.0387. The zero-order chi connectivity index (χ0) is 19.5. The number of carbonyl (C=O) groups excluding carboxylic acids is 1. The van der Waals surface area contributed by atoms with E-state index in [-0.39, 0.29) is 12.4 Å². The molecule has 0 fully saturated rings. The van der Waals surface area contributed by atoms with Crippen LogP contribution < -0.4 is 0 Å². The largest absolute Gasteiger partial charge is 0.454 e. The Morgan fingerprint density at radius 3 is 2.61 bits per heavy atom. The molecule has 0 N–H and O–H groups in total. The molecule has 4 aromatic rings. The highest BCUT2D eigenvalue weighted by atomic mass is 19.3. The average molecular weight is 383 g/mol. The van der Waals surface area contributed by atoms with Crippen molar-refractivity contribution in [1.29, 1.82) is 0 Å². The summed E-state index contributed by atoms with van der Waals surface area (Å²) in [7, 11) is 0. The third kappa shape index (κ3) is 3.59. The minimum Gasteiger partial charge on any atom is -0.454 e. The smallest absolute Gasteiger partial charge is 0.338 e. The molecule has 0 aliphatic carbocycles. The summed E-state index contributed by atoms with van der Waals surface area (Å²) in [5, 5.41) is 4.02. The number of ether oxygens (including phenoxy) is 1. The van der Waals surface area contributed by atoms with Gasteiger partial charge in [-0.3, -0.25) is 4.57 Å². The number of hydrogen-bond donors (Lipinski definition) is 0. The number of rotatable bonds is 6. The van der Waals surface area contributed by atoms with Crippen LogP contribution in [-0.2, 0) is 17.9 Å². The van der Waals surface area contributed by atoms with Crippen LogP contribution in [-0.4, -0.2) is 30.3 Å². The van der Waals surface area contributed by atoms with Gasteiger partial charge in [0.15, 0.2) is 5.82 Å². The molecule has 0 unspecified atom stereocenters. The molecule has 0 saturated carbocycles. The van der Waals surface area contributed by atoms with Crippen LogP contribution in [0.15, 0.2) is 61.2 Å². The maximum atomic E-state index is 13.4. The zero-order valence-corrected chi connectivity index (χ0v) is 14.6. The van der Waals surface area contributed by atoms with Gasteiger partial charge in [0.2, 0.25) is 0 Å². The number of nitrogens with zero attached hydrogens (tertiary/aromatic N) is 5. The Morgan fingerprint density at radius 2 is 1.89 bits per heavy atom. The molecule has 0 spiro atoms. The van der Waals surface area contributed by atoms with Crippen molar-refractivity contribution >= 4 is 17.0 Å². The summed E-state index contributed by atoms with van der Waals surface area (Å²) < 4.78 is 34.4. The molecule has 0 atom stereocenters. The molecule has 0 amide bonds. The predicted octanol–water partition coefficient (Wildman–Crippen LogP) is 3.43. The summed E-state index contributed by atoms with van der Waals surface area (Å²) in [6.07, 6.45) is 3.04. The lowest BCUT2D eigenvalue weighted by Crippen LogP contribution is -2.11. The molecule has 4 rings (SSSR count). The molecule has 2 aromatic carbocycles. The monoisotopic (exact) mass is 383 g/mol.